The predicted octanol–water partition coefficient (Wildman–Crippen LogP) is 4.35. The molecule has 0 spiro atoms. The molecule has 158 valence electrons. The Morgan fingerprint density at radius 1 is 1.36 bits per heavy atom. The second-order valence-electron chi connectivity index (χ2n) is 8.03. The van der Waals surface area contributed by atoms with Crippen LogP contribution >= 0.6 is 0 Å². The van der Waals surface area contributed by atoms with Gasteiger partial charge in [-0.1, -0.05) is 0 Å². The van der Waals surface area contributed by atoms with Gasteiger partial charge in [-0.3, -0.25) is 0 Å². The molecule has 1 aromatic rings. The maximum atomic E-state index is 12.9. The van der Waals surface area contributed by atoms with Gasteiger partial charge in [-0.2, -0.15) is 8.78 Å². The third-order valence-corrected chi connectivity index (χ3v) is 4.51. The first-order valence-electron chi connectivity index (χ1n) is 9.46. The first-order chi connectivity index (χ1) is 13.0. The molecule has 0 aliphatic carbocycles. The first kappa shape index (κ1) is 22.2. The molecule has 0 radical (unpaired) electrons. The highest BCUT2D eigenvalue weighted by atomic mass is 19.3. The van der Waals surface area contributed by atoms with Crippen molar-refractivity contribution in [2.24, 2.45) is 0 Å². The minimum absolute atomic E-state index is 0.0316. The van der Waals surface area contributed by atoms with Crippen molar-refractivity contribution in [1.82, 2.24) is 10.2 Å². The number of likely N-dealkylation sites (N-methyl/N-ethyl adjacent to an activating group) is 1. The maximum Gasteiger partial charge on any atom is 0.408 e. The molecule has 2 atom stereocenters. The number of hydrogen-bond donors (Lipinski definition) is 1. The summed E-state index contributed by atoms with van der Waals surface area (Å²) in [7, 11) is 2.04. The molecule has 0 aromatic heterocycles. The summed E-state index contributed by atoms with van der Waals surface area (Å²) in [4.78, 5) is 14.2. The van der Waals surface area contributed by atoms with Crippen LogP contribution < -0.4 is 14.8 Å². The summed E-state index contributed by atoms with van der Waals surface area (Å²) in [5, 5.41) is 2.63. The lowest BCUT2D eigenvalue weighted by Crippen LogP contribution is -2.34. The summed E-state index contributed by atoms with van der Waals surface area (Å²) < 4.78 is 41.4. The zero-order valence-electron chi connectivity index (χ0n) is 17.1. The topological polar surface area (TPSA) is 60.0 Å². The standard InChI is InChI=1S/C20H30F2N2O4/c1-13(23-19(25)28-20(2,3)4)16-9-8-15(11-17(16)27-18(21)22)26-12-14-7-6-10-24(14)5/h8-9,11,13-14,18H,6-7,10,12H2,1-5H3,(H,23,25)/t13-,14+/m0/s1. The number of amides is 1. The fourth-order valence-corrected chi connectivity index (χ4v) is 3.10. The van der Waals surface area contributed by atoms with E-state index in [1.54, 1.807) is 39.8 Å². The molecule has 0 unspecified atom stereocenters. The van der Waals surface area contributed by atoms with Gasteiger partial charge in [-0.05, 0) is 66.3 Å². The SMILES string of the molecule is C[C@H](NC(=O)OC(C)(C)C)c1ccc(OC[C@H]2CCCN2C)cc1OC(F)F. The van der Waals surface area contributed by atoms with Crippen LogP contribution in [0.15, 0.2) is 18.2 Å². The molecule has 0 saturated carbocycles. The van der Waals surface area contributed by atoms with Crippen molar-refractivity contribution in [2.75, 3.05) is 20.2 Å². The third-order valence-electron chi connectivity index (χ3n) is 4.51. The number of likely N-dealkylation sites (tertiary alicyclic amines) is 1. The molecule has 28 heavy (non-hydrogen) atoms. The Morgan fingerprint density at radius 3 is 2.64 bits per heavy atom. The Balaban J connectivity index is 2.08. The molecule has 1 heterocycles. The van der Waals surface area contributed by atoms with Crippen molar-refractivity contribution < 1.29 is 27.8 Å². The zero-order chi connectivity index (χ0) is 20.9. The molecule has 1 aliphatic heterocycles. The largest absolute Gasteiger partial charge is 0.492 e. The van der Waals surface area contributed by atoms with Crippen LogP contribution in [0.4, 0.5) is 13.6 Å². The maximum absolute atomic E-state index is 12.9. The molecule has 0 bridgehead atoms. The first-order valence-corrected chi connectivity index (χ1v) is 9.46. The fraction of sp³-hybridized carbons (Fsp3) is 0.650. The van der Waals surface area contributed by atoms with Gasteiger partial charge in [-0.15, -0.1) is 0 Å². The summed E-state index contributed by atoms with van der Waals surface area (Å²) >= 11 is 0. The average Bonchev–Trinajstić information content (AvgIpc) is 2.95. The Hall–Kier alpha value is -2.09. The van der Waals surface area contributed by atoms with Gasteiger partial charge in [-0.25, -0.2) is 4.79 Å². The van der Waals surface area contributed by atoms with Gasteiger partial charge in [0.2, 0.25) is 0 Å². The van der Waals surface area contributed by atoms with Crippen molar-refractivity contribution in [3.05, 3.63) is 23.8 Å². The molecule has 1 fully saturated rings. The van der Waals surface area contributed by atoms with Crippen LogP contribution in [-0.2, 0) is 4.74 Å². The monoisotopic (exact) mass is 400 g/mol. The molecule has 1 N–H and O–H groups in total. The molecule has 6 nitrogen and oxygen atoms in total. The van der Waals surface area contributed by atoms with Gasteiger partial charge >= 0.3 is 12.7 Å². The van der Waals surface area contributed by atoms with E-state index in [4.69, 9.17) is 9.47 Å². The molecule has 1 amide bonds. The lowest BCUT2D eigenvalue weighted by atomic mass is 10.1. The van der Waals surface area contributed by atoms with Crippen LogP contribution in [0.25, 0.3) is 0 Å². The van der Waals surface area contributed by atoms with E-state index in [-0.39, 0.29) is 5.75 Å². The number of alkyl carbamates (subject to hydrolysis) is 1. The third kappa shape index (κ3) is 6.82. The van der Waals surface area contributed by atoms with E-state index in [0.717, 1.165) is 19.4 Å². The quantitative estimate of drug-likeness (QED) is 0.738. The zero-order valence-corrected chi connectivity index (χ0v) is 17.1. The van der Waals surface area contributed by atoms with Crippen LogP contribution in [-0.4, -0.2) is 49.4 Å². The Labute approximate surface area is 165 Å². The van der Waals surface area contributed by atoms with Gasteiger partial charge < -0.3 is 24.4 Å². The van der Waals surface area contributed by atoms with Crippen LogP contribution in [0.2, 0.25) is 0 Å². The van der Waals surface area contributed by atoms with Crippen LogP contribution in [0.3, 0.4) is 0 Å². The highest BCUT2D eigenvalue weighted by Gasteiger charge is 2.23. The molecular formula is C20H30F2N2O4. The molecule has 1 aromatic carbocycles. The lowest BCUT2D eigenvalue weighted by Gasteiger charge is -2.23. The summed E-state index contributed by atoms with van der Waals surface area (Å²) in [5.41, 5.74) is -0.242. The molecule has 1 aliphatic rings. The number of hydrogen-bond acceptors (Lipinski definition) is 5. The number of carbonyl (C=O) groups is 1. The minimum Gasteiger partial charge on any atom is -0.492 e. The van der Waals surface area contributed by atoms with E-state index in [1.165, 1.54) is 6.07 Å². The number of benzene rings is 1. The molecule has 1 saturated heterocycles. The summed E-state index contributed by atoms with van der Waals surface area (Å²) in [5.74, 6) is 0.417. The summed E-state index contributed by atoms with van der Waals surface area (Å²) in [6.07, 6.45) is 1.54. The second-order valence-corrected chi connectivity index (χ2v) is 8.03. The number of ether oxygens (including phenoxy) is 3. The van der Waals surface area contributed by atoms with Crippen molar-refractivity contribution in [1.29, 1.82) is 0 Å². The number of halogens is 2. The summed E-state index contributed by atoms with van der Waals surface area (Å²) in [6, 6.07) is 4.47. The van der Waals surface area contributed by atoms with Crippen molar-refractivity contribution in [2.45, 2.75) is 64.8 Å². The van der Waals surface area contributed by atoms with Gasteiger partial charge in [0, 0.05) is 17.7 Å². The minimum atomic E-state index is -2.98. The smallest absolute Gasteiger partial charge is 0.408 e. The number of carbonyl (C=O) groups excluding carboxylic acids is 1. The van der Waals surface area contributed by atoms with Crippen LogP contribution in [0.5, 0.6) is 11.5 Å². The van der Waals surface area contributed by atoms with E-state index in [9.17, 15) is 13.6 Å². The number of alkyl halides is 2. The highest BCUT2D eigenvalue weighted by molar-refractivity contribution is 5.68. The van der Waals surface area contributed by atoms with E-state index in [0.29, 0.717) is 24.0 Å². The Bertz CT molecular complexity index is 664. The van der Waals surface area contributed by atoms with E-state index in [2.05, 4.69) is 15.0 Å². The van der Waals surface area contributed by atoms with Gasteiger partial charge in [0.15, 0.2) is 0 Å². The Morgan fingerprint density at radius 2 is 2.07 bits per heavy atom. The van der Waals surface area contributed by atoms with E-state index < -0.39 is 24.3 Å². The van der Waals surface area contributed by atoms with E-state index in [1.807, 2.05) is 7.05 Å². The summed E-state index contributed by atoms with van der Waals surface area (Å²) in [6.45, 7) is 5.44. The molecular weight excluding hydrogens is 370 g/mol. The van der Waals surface area contributed by atoms with Crippen molar-refractivity contribution >= 4 is 6.09 Å². The highest BCUT2D eigenvalue weighted by Crippen LogP contribution is 2.31. The van der Waals surface area contributed by atoms with Crippen LogP contribution in [0, 0.1) is 0 Å². The number of nitrogens with zero attached hydrogens (tertiary/aromatic N) is 1. The van der Waals surface area contributed by atoms with Crippen molar-refractivity contribution in [3.8, 4) is 11.5 Å². The van der Waals surface area contributed by atoms with Crippen molar-refractivity contribution in [3.63, 3.8) is 0 Å². The average molecular weight is 400 g/mol. The van der Waals surface area contributed by atoms with Gasteiger partial charge in [0.25, 0.3) is 0 Å². The van der Waals surface area contributed by atoms with Gasteiger partial charge in [0.1, 0.15) is 23.7 Å². The Kier molecular flexibility index (Phi) is 7.46. The second kappa shape index (κ2) is 9.41. The normalized spacial score (nSPS) is 18.8. The van der Waals surface area contributed by atoms with Gasteiger partial charge in [0.05, 0.1) is 6.04 Å². The molecule has 2 rings (SSSR count). The molecule has 8 heteroatoms. The van der Waals surface area contributed by atoms with Crippen LogP contribution in [0.1, 0.15) is 52.1 Å². The predicted molar refractivity (Wildman–Crippen MR) is 102 cm³/mol. The lowest BCUT2D eigenvalue weighted by molar-refractivity contribution is -0.0507. The fourth-order valence-electron chi connectivity index (χ4n) is 3.10. The number of rotatable bonds is 7. The number of nitrogens with one attached hydrogen (secondary N) is 1. The van der Waals surface area contributed by atoms with E-state index >= 15 is 0 Å².